The standard InChI is InChI=1S/C26H26F2N8O/c1-5-36-16(2)12-18-22(28)20(13-19(27)24(18)36)37-26-23(29-3)25(31-15-32-26)33-21-7-6-17(14-30-21)35-10-8-34(4)9-11-35/h6-7,12-15H,5,8-11H2,1-2,4H3,(H,30,31,32,33). The van der Waals surface area contributed by atoms with E-state index < -0.39 is 11.6 Å². The molecule has 0 aliphatic carbocycles. The molecule has 5 rings (SSSR count). The Kier molecular flexibility index (Phi) is 6.58. The highest BCUT2D eigenvalue weighted by molar-refractivity contribution is 5.84. The maximum atomic E-state index is 15.3. The maximum absolute atomic E-state index is 15.3. The number of hydrogen-bond acceptors (Lipinski definition) is 7. The Morgan fingerprint density at radius 3 is 2.57 bits per heavy atom. The minimum absolute atomic E-state index is 0.0744. The summed E-state index contributed by atoms with van der Waals surface area (Å²) in [4.78, 5) is 20.6. The lowest BCUT2D eigenvalue weighted by atomic mass is 10.2. The number of aryl methyl sites for hydroxylation is 2. The molecule has 37 heavy (non-hydrogen) atoms. The number of nitrogens with zero attached hydrogens (tertiary/aromatic N) is 7. The summed E-state index contributed by atoms with van der Waals surface area (Å²) in [7, 11) is 2.10. The molecule has 0 saturated carbocycles. The van der Waals surface area contributed by atoms with Crippen molar-refractivity contribution in [2.45, 2.75) is 20.4 Å². The zero-order valence-electron chi connectivity index (χ0n) is 20.8. The molecule has 0 radical (unpaired) electrons. The van der Waals surface area contributed by atoms with Crippen molar-refractivity contribution in [1.82, 2.24) is 24.4 Å². The van der Waals surface area contributed by atoms with E-state index in [0.29, 0.717) is 12.4 Å². The summed E-state index contributed by atoms with van der Waals surface area (Å²) in [6.45, 7) is 15.6. The maximum Gasteiger partial charge on any atom is 0.288 e. The van der Waals surface area contributed by atoms with Gasteiger partial charge in [0.1, 0.15) is 18.0 Å². The van der Waals surface area contributed by atoms with Crippen LogP contribution in [0.1, 0.15) is 12.6 Å². The molecule has 4 heterocycles. The Balaban J connectivity index is 1.40. The van der Waals surface area contributed by atoms with Gasteiger partial charge in [0, 0.05) is 49.9 Å². The second-order valence-corrected chi connectivity index (χ2v) is 8.87. The van der Waals surface area contributed by atoms with Gasteiger partial charge in [0.2, 0.25) is 5.88 Å². The van der Waals surface area contributed by atoms with E-state index >= 15 is 4.39 Å². The molecule has 9 nitrogen and oxygen atoms in total. The van der Waals surface area contributed by atoms with Crippen molar-refractivity contribution in [3.05, 3.63) is 65.5 Å². The number of anilines is 3. The number of piperazine rings is 1. The first-order valence-electron chi connectivity index (χ1n) is 11.9. The minimum Gasteiger partial charge on any atom is -0.446 e. The van der Waals surface area contributed by atoms with Crippen molar-refractivity contribution in [3.8, 4) is 11.6 Å². The Bertz CT molecular complexity index is 1490. The van der Waals surface area contributed by atoms with E-state index in [1.165, 1.54) is 6.33 Å². The van der Waals surface area contributed by atoms with Gasteiger partial charge >= 0.3 is 0 Å². The molecule has 190 valence electrons. The van der Waals surface area contributed by atoms with Gasteiger partial charge in [-0.15, -0.1) is 0 Å². The van der Waals surface area contributed by atoms with Crippen molar-refractivity contribution < 1.29 is 13.5 Å². The topological polar surface area (TPSA) is 75.7 Å². The monoisotopic (exact) mass is 504 g/mol. The summed E-state index contributed by atoms with van der Waals surface area (Å²) in [5.41, 5.74) is 1.84. The first-order chi connectivity index (χ1) is 17.9. The molecule has 1 aliphatic heterocycles. The van der Waals surface area contributed by atoms with Gasteiger partial charge in [0.15, 0.2) is 17.4 Å². The quantitative estimate of drug-likeness (QED) is 0.359. The highest BCUT2D eigenvalue weighted by Gasteiger charge is 2.22. The van der Waals surface area contributed by atoms with Crippen LogP contribution < -0.4 is 15.0 Å². The largest absolute Gasteiger partial charge is 0.446 e. The van der Waals surface area contributed by atoms with Gasteiger partial charge in [-0.3, -0.25) is 0 Å². The summed E-state index contributed by atoms with van der Waals surface area (Å²) in [6, 6.07) is 6.30. The summed E-state index contributed by atoms with van der Waals surface area (Å²) in [5, 5.41) is 3.11. The number of ether oxygens (including phenoxy) is 1. The van der Waals surface area contributed by atoms with Crippen LogP contribution in [0.4, 0.5) is 31.8 Å². The van der Waals surface area contributed by atoms with E-state index in [-0.39, 0.29) is 34.0 Å². The number of aromatic nitrogens is 4. The number of nitrogens with one attached hydrogen (secondary N) is 1. The molecule has 1 saturated heterocycles. The normalized spacial score (nSPS) is 14.1. The number of fused-ring (bicyclic) bond motifs is 1. The highest BCUT2D eigenvalue weighted by Crippen LogP contribution is 2.39. The summed E-state index contributed by atoms with van der Waals surface area (Å²) >= 11 is 0. The minimum atomic E-state index is -0.725. The van der Waals surface area contributed by atoms with E-state index in [1.807, 2.05) is 13.0 Å². The van der Waals surface area contributed by atoms with Crippen LogP contribution in [0.5, 0.6) is 11.6 Å². The van der Waals surface area contributed by atoms with E-state index in [4.69, 9.17) is 11.3 Å². The molecule has 1 fully saturated rings. The van der Waals surface area contributed by atoms with Crippen molar-refractivity contribution in [1.29, 1.82) is 0 Å². The van der Waals surface area contributed by atoms with Crippen molar-refractivity contribution >= 4 is 33.9 Å². The van der Waals surface area contributed by atoms with Crippen molar-refractivity contribution in [3.63, 3.8) is 0 Å². The second-order valence-electron chi connectivity index (χ2n) is 8.87. The van der Waals surface area contributed by atoms with Gasteiger partial charge in [-0.05, 0) is 39.1 Å². The molecule has 3 aromatic heterocycles. The molecular weight excluding hydrogens is 478 g/mol. The number of pyridine rings is 1. The average molecular weight is 505 g/mol. The van der Waals surface area contributed by atoms with Gasteiger partial charge in [0.05, 0.1) is 24.0 Å². The Morgan fingerprint density at radius 2 is 1.89 bits per heavy atom. The second kappa shape index (κ2) is 9.99. The van der Waals surface area contributed by atoms with Crippen LogP contribution in [-0.4, -0.2) is 57.6 Å². The van der Waals surface area contributed by atoms with Crippen LogP contribution in [0.15, 0.2) is 36.8 Å². The molecule has 1 N–H and O–H groups in total. The molecule has 4 aromatic rings. The van der Waals surface area contributed by atoms with Crippen LogP contribution >= 0.6 is 0 Å². The predicted octanol–water partition coefficient (Wildman–Crippen LogP) is 5.27. The molecule has 0 bridgehead atoms. The Labute approximate surface area is 213 Å². The smallest absolute Gasteiger partial charge is 0.288 e. The number of benzene rings is 1. The lowest BCUT2D eigenvalue weighted by Gasteiger charge is -2.33. The summed E-state index contributed by atoms with van der Waals surface area (Å²) < 4.78 is 37.6. The fourth-order valence-corrected chi connectivity index (χ4v) is 4.53. The molecule has 1 aromatic carbocycles. The predicted molar refractivity (Wildman–Crippen MR) is 138 cm³/mol. The molecule has 11 heteroatoms. The third-order valence-electron chi connectivity index (χ3n) is 6.53. The molecule has 0 spiro atoms. The van der Waals surface area contributed by atoms with Gasteiger partial charge in [-0.1, -0.05) is 0 Å². The molecule has 0 atom stereocenters. The lowest BCUT2D eigenvalue weighted by Crippen LogP contribution is -2.44. The summed E-state index contributed by atoms with van der Waals surface area (Å²) in [5.74, 6) is -1.27. The number of rotatable bonds is 6. The third kappa shape index (κ3) is 4.63. The van der Waals surface area contributed by atoms with Crippen molar-refractivity contribution in [2.24, 2.45) is 0 Å². The molecular formula is C26H26F2N8O. The zero-order valence-corrected chi connectivity index (χ0v) is 20.8. The number of halogens is 2. The van der Waals surface area contributed by atoms with Gasteiger partial charge in [0.25, 0.3) is 5.69 Å². The molecule has 0 amide bonds. The molecule has 0 unspecified atom stereocenters. The summed E-state index contributed by atoms with van der Waals surface area (Å²) in [6.07, 6.45) is 2.96. The van der Waals surface area contributed by atoms with Crippen LogP contribution in [0.25, 0.3) is 15.7 Å². The van der Waals surface area contributed by atoms with E-state index in [0.717, 1.165) is 43.6 Å². The van der Waals surface area contributed by atoms with E-state index in [1.54, 1.807) is 29.8 Å². The fraction of sp³-hybridized carbons (Fsp3) is 0.308. The zero-order chi connectivity index (χ0) is 26.1. The Morgan fingerprint density at radius 1 is 1.11 bits per heavy atom. The first-order valence-corrected chi connectivity index (χ1v) is 11.9. The number of hydrogen-bond donors (Lipinski definition) is 1. The molecule has 1 aliphatic rings. The Hall–Kier alpha value is -4.30. The van der Waals surface area contributed by atoms with Crippen LogP contribution in [0.2, 0.25) is 0 Å². The fourth-order valence-electron chi connectivity index (χ4n) is 4.53. The third-order valence-corrected chi connectivity index (χ3v) is 6.53. The van der Waals surface area contributed by atoms with E-state index in [2.05, 4.69) is 42.0 Å². The average Bonchev–Trinajstić information content (AvgIpc) is 3.25. The highest BCUT2D eigenvalue weighted by atomic mass is 19.1. The van der Waals surface area contributed by atoms with Crippen LogP contribution in [-0.2, 0) is 6.54 Å². The van der Waals surface area contributed by atoms with Crippen LogP contribution in [0.3, 0.4) is 0 Å². The van der Waals surface area contributed by atoms with Gasteiger partial charge < -0.3 is 24.4 Å². The van der Waals surface area contributed by atoms with Gasteiger partial charge in [-0.25, -0.2) is 28.6 Å². The SMILES string of the molecule is [C-]#[N+]c1c(Nc2ccc(N3CCN(C)CC3)cn2)ncnc1Oc1cc(F)c2c(cc(C)n2CC)c1F. The van der Waals surface area contributed by atoms with Gasteiger partial charge in [-0.2, -0.15) is 0 Å². The van der Waals surface area contributed by atoms with E-state index in [9.17, 15) is 4.39 Å². The van der Waals surface area contributed by atoms with Crippen LogP contribution in [0, 0.1) is 25.1 Å². The first kappa shape index (κ1) is 24.4. The number of likely N-dealkylation sites (N-methyl/N-ethyl adjacent to an activating group) is 1. The lowest BCUT2D eigenvalue weighted by molar-refractivity contribution is 0.313. The van der Waals surface area contributed by atoms with Crippen molar-refractivity contribution in [2.75, 3.05) is 43.4 Å².